The molecular formula is C17H15N3O3. The first kappa shape index (κ1) is 14.8. The van der Waals surface area contributed by atoms with Crippen LogP contribution >= 0.6 is 0 Å². The van der Waals surface area contributed by atoms with Gasteiger partial charge in [0.15, 0.2) is 12.1 Å². The van der Waals surface area contributed by atoms with Gasteiger partial charge in [-0.25, -0.2) is 9.97 Å². The molecule has 0 spiro atoms. The first-order chi connectivity index (χ1) is 11.3. The molecule has 6 nitrogen and oxygen atoms in total. The summed E-state index contributed by atoms with van der Waals surface area (Å²) in [4.78, 5) is 20.2. The van der Waals surface area contributed by atoms with Crippen molar-refractivity contribution < 1.29 is 13.9 Å². The second kappa shape index (κ2) is 6.74. The first-order valence-corrected chi connectivity index (χ1v) is 7.16. The summed E-state index contributed by atoms with van der Waals surface area (Å²) in [6, 6.07) is 13.1. The maximum absolute atomic E-state index is 12.0. The van der Waals surface area contributed by atoms with Gasteiger partial charge in [0.05, 0.1) is 12.3 Å². The standard InChI is InChI=1S/C17H15N3O3/c1-2-23-13-6-3-5-12(9-13)14-7-4-8-16(19-14)20-17(21)15-10-22-11-18-15/h3-11H,2H2,1H3,(H,19,20,21). The van der Waals surface area contributed by atoms with E-state index in [2.05, 4.69) is 15.3 Å². The molecule has 0 unspecified atom stereocenters. The Hall–Kier alpha value is -3.15. The largest absolute Gasteiger partial charge is 0.494 e. The Morgan fingerprint density at radius 2 is 2.13 bits per heavy atom. The number of hydrogen-bond donors (Lipinski definition) is 1. The summed E-state index contributed by atoms with van der Waals surface area (Å²) < 4.78 is 10.3. The number of rotatable bonds is 5. The van der Waals surface area contributed by atoms with Crippen LogP contribution in [0.3, 0.4) is 0 Å². The molecular weight excluding hydrogens is 294 g/mol. The Morgan fingerprint density at radius 3 is 2.91 bits per heavy atom. The molecule has 0 aliphatic carbocycles. The average Bonchev–Trinajstić information content (AvgIpc) is 3.10. The Kier molecular flexibility index (Phi) is 4.33. The highest BCUT2D eigenvalue weighted by molar-refractivity contribution is 6.02. The lowest BCUT2D eigenvalue weighted by molar-refractivity contribution is 0.102. The highest BCUT2D eigenvalue weighted by Crippen LogP contribution is 2.23. The second-order valence-corrected chi connectivity index (χ2v) is 4.70. The van der Waals surface area contributed by atoms with Crippen molar-refractivity contribution in [3.8, 4) is 17.0 Å². The molecule has 3 aromatic rings. The van der Waals surface area contributed by atoms with Crippen molar-refractivity contribution in [3.63, 3.8) is 0 Å². The van der Waals surface area contributed by atoms with Crippen LogP contribution in [0.4, 0.5) is 5.82 Å². The summed E-state index contributed by atoms with van der Waals surface area (Å²) in [5.41, 5.74) is 1.86. The number of aromatic nitrogens is 2. The van der Waals surface area contributed by atoms with Gasteiger partial charge in [-0.1, -0.05) is 18.2 Å². The van der Waals surface area contributed by atoms with Gasteiger partial charge in [0.1, 0.15) is 17.8 Å². The molecule has 0 atom stereocenters. The van der Waals surface area contributed by atoms with Crippen molar-refractivity contribution in [1.29, 1.82) is 0 Å². The second-order valence-electron chi connectivity index (χ2n) is 4.70. The third-order valence-corrected chi connectivity index (χ3v) is 3.10. The molecule has 0 bridgehead atoms. The van der Waals surface area contributed by atoms with Gasteiger partial charge in [-0.05, 0) is 31.2 Å². The van der Waals surface area contributed by atoms with Crippen LogP contribution in [0, 0.1) is 0 Å². The molecule has 0 aliphatic heterocycles. The van der Waals surface area contributed by atoms with Crippen molar-refractivity contribution in [2.24, 2.45) is 0 Å². The number of nitrogens with one attached hydrogen (secondary N) is 1. The lowest BCUT2D eigenvalue weighted by atomic mass is 10.1. The molecule has 6 heteroatoms. The van der Waals surface area contributed by atoms with E-state index in [9.17, 15) is 4.79 Å². The Morgan fingerprint density at radius 1 is 1.26 bits per heavy atom. The van der Waals surface area contributed by atoms with Crippen LogP contribution in [0.15, 0.2) is 59.5 Å². The lowest BCUT2D eigenvalue weighted by Crippen LogP contribution is -2.13. The normalized spacial score (nSPS) is 10.3. The number of hydrogen-bond acceptors (Lipinski definition) is 5. The zero-order valence-corrected chi connectivity index (χ0v) is 12.5. The van der Waals surface area contributed by atoms with Crippen LogP contribution in [0.5, 0.6) is 5.75 Å². The maximum atomic E-state index is 12.0. The third kappa shape index (κ3) is 3.55. The van der Waals surface area contributed by atoms with Crippen molar-refractivity contribution >= 4 is 11.7 Å². The summed E-state index contributed by atoms with van der Waals surface area (Å²) in [5.74, 6) is 0.854. The number of amides is 1. The summed E-state index contributed by atoms with van der Waals surface area (Å²) >= 11 is 0. The Balaban J connectivity index is 1.82. The van der Waals surface area contributed by atoms with E-state index in [-0.39, 0.29) is 11.6 Å². The van der Waals surface area contributed by atoms with E-state index < -0.39 is 0 Å². The van der Waals surface area contributed by atoms with Gasteiger partial charge in [0.25, 0.3) is 5.91 Å². The molecule has 1 N–H and O–H groups in total. The molecule has 0 fully saturated rings. The number of nitrogens with zero attached hydrogens (tertiary/aromatic N) is 2. The van der Waals surface area contributed by atoms with E-state index >= 15 is 0 Å². The summed E-state index contributed by atoms with van der Waals surface area (Å²) in [6.07, 6.45) is 2.49. The zero-order chi connectivity index (χ0) is 16.1. The minimum absolute atomic E-state index is 0.204. The van der Waals surface area contributed by atoms with Crippen LogP contribution < -0.4 is 10.1 Å². The summed E-state index contributed by atoms with van der Waals surface area (Å²) in [6.45, 7) is 2.54. The highest BCUT2D eigenvalue weighted by Gasteiger charge is 2.10. The van der Waals surface area contributed by atoms with Crippen LogP contribution in [0.1, 0.15) is 17.4 Å². The van der Waals surface area contributed by atoms with E-state index in [0.717, 1.165) is 17.0 Å². The molecule has 3 rings (SSSR count). The van der Waals surface area contributed by atoms with Gasteiger partial charge >= 0.3 is 0 Å². The molecule has 2 heterocycles. The number of carbonyl (C=O) groups is 1. The fraction of sp³-hybridized carbons (Fsp3) is 0.118. The van der Waals surface area contributed by atoms with E-state index in [1.54, 1.807) is 6.07 Å². The highest BCUT2D eigenvalue weighted by atomic mass is 16.5. The monoisotopic (exact) mass is 309 g/mol. The van der Waals surface area contributed by atoms with Gasteiger partial charge in [0.2, 0.25) is 0 Å². The molecule has 0 aliphatic rings. The molecule has 1 aromatic carbocycles. The molecule has 23 heavy (non-hydrogen) atoms. The van der Waals surface area contributed by atoms with E-state index in [4.69, 9.17) is 9.15 Å². The van der Waals surface area contributed by atoms with E-state index in [0.29, 0.717) is 12.4 Å². The molecule has 0 saturated carbocycles. The van der Waals surface area contributed by atoms with Gasteiger partial charge in [-0.2, -0.15) is 0 Å². The number of benzene rings is 1. The summed E-state index contributed by atoms with van der Waals surface area (Å²) in [5, 5.41) is 2.69. The van der Waals surface area contributed by atoms with E-state index in [1.165, 1.54) is 12.7 Å². The van der Waals surface area contributed by atoms with Crippen LogP contribution in [0.2, 0.25) is 0 Å². The van der Waals surface area contributed by atoms with Crippen LogP contribution in [-0.4, -0.2) is 22.5 Å². The molecule has 0 saturated heterocycles. The average molecular weight is 309 g/mol. The molecule has 2 aromatic heterocycles. The fourth-order valence-corrected chi connectivity index (χ4v) is 2.08. The van der Waals surface area contributed by atoms with Crippen LogP contribution in [0.25, 0.3) is 11.3 Å². The fourth-order valence-electron chi connectivity index (χ4n) is 2.08. The van der Waals surface area contributed by atoms with Crippen molar-refractivity contribution in [2.45, 2.75) is 6.92 Å². The van der Waals surface area contributed by atoms with Gasteiger partial charge in [-0.3, -0.25) is 4.79 Å². The number of pyridine rings is 1. The number of carbonyl (C=O) groups excluding carboxylic acids is 1. The number of anilines is 1. The lowest BCUT2D eigenvalue weighted by Gasteiger charge is -2.08. The molecule has 1 amide bonds. The maximum Gasteiger partial charge on any atom is 0.278 e. The summed E-state index contributed by atoms with van der Waals surface area (Å²) in [7, 11) is 0. The molecule has 0 radical (unpaired) electrons. The smallest absolute Gasteiger partial charge is 0.278 e. The topological polar surface area (TPSA) is 77.2 Å². The van der Waals surface area contributed by atoms with Crippen LogP contribution in [-0.2, 0) is 0 Å². The van der Waals surface area contributed by atoms with E-state index in [1.807, 2.05) is 43.3 Å². The van der Waals surface area contributed by atoms with Crippen molar-refractivity contribution in [1.82, 2.24) is 9.97 Å². The quantitative estimate of drug-likeness (QED) is 0.781. The minimum Gasteiger partial charge on any atom is -0.494 e. The van der Waals surface area contributed by atoms with Crippen molar-refractivity contribution in [3.05, 3.63) is 60.8 Å². The first-order valence-electron chi connectivity index (χ1n) is 7.16. The van der Waals surface area contributed by atoms with Gasteiger partial charge in [0, 0.05) is 5.56 Å². The van der Waals surface area contributed by atoms with Gasteiger partial charge < -0.3 is 14.5 Å². The predicted molar refractivity (Wildman–Crippen MR) is 85.3 cm³/mol. The minimum atomic E-state index is -0.369. The number of ether oxygens (including phenoxy) is 1. The SMILES string of the molecule is CCOc1cccc(-c2cccc(NC(=O)c3cocn3)n2)c1. The predicted octanol–water partition coefficient (Wildman–Crippen LogP) is 3.39. The van der Waals surface area contributed by atoms with Gasteiger partial charge in [-0.15, -0.1) is 0 Å². The third-order valence-electron chi connectivity index (χ3n) is 3.10. The molecule has 116 valence electrons. The Labute approximate surface area is 133 Å². The number of oxazole rings is 1. The van der Waals surface area contributed by atoms with Crippen molar-refractivity contribution in [2.75, 3.05) is 11.9 Å². The zero-order valence-electron chi connectivity index (χ0n) is 12.5. The Bertz CT molecular complexity index is 800.